The first-order chi connectivity index (χ1) is 8.23. The van der Waals surface area contributed by atoms with Crippen LogP contribution < -0.4 is 5.73 Å². The van der Waals surface area contributed by atoms with Crippen LogP contribution in [-0.4, -0.2) is 48.6 Å². The van der Waals surface area contributed by atoms with Gasteiger partial charge in [-0.3, -0.25) is 4.90 Å². The van der Waals surface area contributed by atoms with Crippen molar-refractivity contribution in [1.82, 2.24) is 9.80 Å². The standard InChI is InChI=1S/C13H21N3S/c1-15-6-4-13(9-14,10-15)16-5-2-12-11(8-16)3-7-17-12/h3,7H,2,4-6,8-10,14H2,1H3. The third-order valence-electron chi connectivity index (χ3n) is 4.38. The van der Waals surface area contributed by atoms with Gasteiger partial charge in [-0.15, -0.1) is 11.3 Å². The third kappa shape index (κ3) is 1.93. The van der Waals surface area contributed by atoms with Crippen molar-refractivity contribution in [1.29, 1.82) is 0 Å². The molecule has 0 aromatic carbocycles. The quantitative estimate of drug-likeness (QED) is 0.855. The van der Waals surface area contributed by atoms with E-state index in [4.69, 9.17) is 5.73 Å². The number of likely N-dealkylation sites (N-methyl/N-ethyl adjacent to an activating group) is 1. The van der Waals surface area contributed by atoms with Gasteiger partial charge >= 0.3 is 0 Å². The summed E-state index contributed by atoms with van der Waals surface area (Å²) in [5.41, 5.74) is 7.85. The number of thiophene rings is 1. The smallest absolute Gasteiger partial charge is 0.0474 e. The van der Waals surface area contributed by atoms with Gasteiger partial charge in [-0.1, -0.05) is 0 Å². The zero-order valence-corrected chi connectivity index (χ0v) is 11.3. The topological polar surface area (TPSA) is 32.5 Å². The van der Waals surface area contributed by atoms with Gasteiger partial charge in [0.2, 0.25) is 0 Å². The summed E-state index contributed by atoms with van der Waals surface area (Å²) in [7, 11) is 2.21. The van der Waals surface area contributed by atoms with Gasteiger partial charge in [-0.05, 0) is 43.4 Å². The van der Waals surface area contributed by atoms with Crippen LogP contribution in [0.25, 0.3) is 0 Å². The number of likely N-dealkylation sites (tertiary alicyclic amines) is 1. The Kier molecular flexibility index (Phi) is 2.99. The molecule has 3 heterocycles. The predicted octanol–water partition coefficient (Wildman–Crippen LogP) is 1.14. The van der Waals surface area contributed by atoms with Crippen LogP contribution in [0.1, 0.15) is 16.9 Å². The number of nitrogens with two attached hydrogens (primary N) is 1. The average molecular weight is 251 g/mol. The van der Waals surface area contributed by atoms with Crippen LogP contribution in [-0.2, 0) is 13.0 Å². The maximum absolute atomic E-state index is 6.09. The van der Waals surface area contributed by atoms with Crippen molar-refractivity contribution in [3.8, 4) is 0 Å². The molecular weight excluding hydrogens is 230 g/mol. The van der Waals surface area contributed by atoms with Crippen molar-refractivity contribution < 1.29 is 0 Å². The van der Waals surface area contributed by atoms with Gasteiger partial charge in [0.15, 0.2) is 0 Å². The van der Waals surface area contributed by atoms with E-state index in [1.54, 1.807) is 4.88 Å². The van der Waals surface area contributed by atoms with Crippen LogP contribution in [0, 0.1) is 0 Å². The fourth-order valence-corrected chi connectivity index (χ4v) is 4.16. The van der Waals surface area contributed by atoms with Crippen molar-refractivity contribution in [2.75, 3.05) is 33.2 Å². The summed E-state index contributed by atoms with van der Waals surface area (Å²) < 4.78 is 0. The Morgan fingerprint density at radius 1 is 1.47 bits per heavy atom. The number of hydrogen-bond acceptors (Lipinski definition) is 4. The highest BCUT2D eigenvalue weighted by molar-refractivity contribution is 7.10. The summed E-state index contributed by atoms with van der Waals surface area (Å²) >= 11 is 1.91. The Hall–Kier alpha value is -0.420. The molecule has 1 aromatic rings. The molecule has 1 atom stereocenters. The molecule has 1 fully saturated rings. The van der Waals surface area contributed by atoms with E-state index in [1.807, 2.05) is 11.3 Å². The van der Waals surface area contributed by atoms with E-state index in [9.17, 15) is 0 Å². The fourth-order valence-electron chi connectivity index (χ4n) is 3.27. The Labute approximate surface area is 107 Å². The van der Waals surface area contributed by atoms with Gasteiger partial charge in [0, 0.05) is 36.6 Å². The zero-order chi connectivity index (χ0) is 11.9. The molecule has 2 aliphatic heterocycles. The molecule has 4 heteroatoms. The van der Waals surface area contributed by atoms with E-state index in [-0.39, 0.29) is 5.54 Å². The first-order valence-electron chi connectivity index (χ1n) is 6.42. The molecule has 0 amide bonds. The minimum absolute atomic E-state index is 0.231. The van der Waals surface area contributed by atoms with Crippen molar-refractivity contribution in [2.24, 2.45) is 5.73 Å². The summed E-state index contributed by atoms with van der Waals surface area (Å²) in [6, 6.07) is 2.29. The third-order valence-corrected chi connectivity index (χ3v) is 5.40. The van der Waals surface area contributed by atoms with Crippen LogP contribution in [0.15, 0.2) is 11.4 Å². The van der Waals surface area contributed by atoms with Crippen molar-refractivity contribution in [2.45, 2.75) is 24.9 Å². The maximum atomic E-state index is 6.09. The van der Waals surface area contributed by atoms with Gasteiger partial charge in [0.25, 0.3) is 0 Å². The second kappa shape index (κ2) is 4.35. The largest absolute Gasteiger partial charge is 0.329 e. The molecule has 2 N–H and O–H groups in total. The van der Waals surface area contributed by atoms with E-state index in [0.29, 0.717) is 0 Å². The Bertz CT molecular complexity index is 403. The van der Waals surface area contributed by atoms with E-state index in [1.165, 1.54) is 31.5 Å². The van der Waals surface area contributed by atoms with Crippen molar-refractivity contribution >= 4 is 11.3 Å². The van der Waals surface area contributed by atoms with Crippen LogP contribution >= 0.6 is 11.3 Å². The van der Waals surface area contributed by atoms with Gasteiger partial charge in [-0.2, -0.15) is 0 Å². The lowest BCUT2D eigenvalue weighted by atomic mass is 9.93. The Balaban J connectivity index is 1.81. The monoisotopic (exact) mass is 251 g/mol. The molecule has 0 spiro atoms. The molecule has 0 radical (unpaired) electrons. The highest BCUT2D eigenvalue weighted by Crippen LogP contribution is 2.33. The minimum atomic E-state index is 0.231. The lowest BCUT2D eigenvalue weighted by molar-refractivity contribution is 0.0879. The summed E-state index contributed by atoms with van der Waals surface area (Å²) in [5, 5.41) is 2.23. The van der Waals surface area contributed by atoms with Crippen molar-refractivity contribution in [3.63, 3.8) is 0 Å². The number of nitrogens with zero attached hydrogens (tertiary/aromatic N) is 2. The van der Waals surface area contributed by atoms with E-state index in [0.717, 1.165) is 19.6 Å². The molecule has 3 rings (SSSR count). The van der Waals surface area contributed by atoms with Gasteiger partial charge in [0.1, 0.15) is 0 Å². The predicted molar refractivity (Wildman–Crippen MR) is 72.3 cm³/mol. The summed E-state index contributed by atoms with van der Waals surface area (Å²) in [5.74, 6) is 0. The van der Waals surface area contributed by atoms with Gasteiger partial charge < -0.3 is 10.6 Å². The molecule has 1 aromatic heterocycles. The SMILES string of the molecule is CN1CCC(CN)(N2CCc3sccc3C2)C1. The highest BCUT2D eigenvalue weighted by Gasteiger charge is 2.41. The fraction of sp³-hybridized carbons (Fsp3) is 0.692. The number of fused-ring (bicyclic) bond motifs is 1. The number of hydrogen-bond donors (Lipinski definition) is 1. The zero-order valence-electron chi connectivity index (χ0n) is 10.5. The van der Waals surface area contributed by atoms with Gasteiger partial charge in [0.05, 0.1) is 0 Å². The van der Waals surface area contributed by atoms with Crippen LogP contribution in [0.3, 0.4) is 0 Å². The molecule has 0 aliphatic carbocycles. The summed E-state index contributed by atoms with van der Waals surface area (Å²) in [4.78, 5) is 6.63. The van der Waals surface area contributed by atoms with Crippen LogP contribution in [0.2, 0.25) is 0 Å². The second-order valence-corrected chi connectivity index (χ2v) is 6.46. The van der Waals surface area contributed by atoms with Gasteiger partial charge in [-0.25, -0.2) is 0 Å². The molecular formula is C13H21N3S. The molecule has 1 saturated heterocycles. The Morgan fingerprint density at radius 2 is 2.35 bits per heavy atom. The van der Waals surface area contributed by atoms with Crippen LogP contribution in [0.4, 0.5) is 0 Å². The van der Waals surface area contributed by atoms with Crippen LogP contribution in [0.5, 0.6) is 0 Å². The second-order valence-electron chi connectivity index (χ2n) is 5.46. The van der Waals surface area contributed by atoms with Crippen molar-refractivity contribution in [3.05, 3.63) is 21.9 Å². The molecule has 2 aliphatic rings. The molecule has 94 valence electrons. The molecule has 3 nitrogen and oxygen atoms in total. The molecule has 1 unspecified atom stereocenters. The molecule has 0 saturated carbocycles. The normalized spacial score (nSPS) is 30.7. The van der Waals surface area contributed by atoms with E-state index in [2.05, 4.69) is 28.3 Å². The lowest BCUT2D eigenvalue weighted by Crippen LogP contribution is -2.56. The minimum Gasteiger partial charge on any atom is -0.329 e. The summed E-state index contributed by atoms with van der Waals surface area (Å²) in [6.45, 7) is 5.38. The first-order valence-corrected chi connectivity index (χ1v) is 7.30. The maximum Gasteiger partial charge on any atom is 0.0474 e. The average Bonchev–Trinajstić information content (AvgIpc) is 2.94. The highest BCUT2D eigenvalue weighted by atomic mass is 32.1. The number of rotatable bonds is 2. The summed E-state index contributed by atoms with van der Waals surface area (Å²) in [6.07, 6.45) is 2.43. The Morgan fingerprint density at radius 3 is 3.06 bits per heavy atom. The van der Waals surface area contributed by atoms with E-state index < -0.39 is 0 Å². The molecule has 0 bridgehead atoms. The lowest BCUT2D eigenvalue weighted by Gasteiger charge is -2.42. The molecule has 17 heavy (non-hydrogen) atoms. The first kappa shape index (κ1) is 11.7. The van der Waals surface area contributed by atoms with E-state index >= 15 is 0 Å².